The molecule has 0 unspecified atom stereocenters. The predicted molar refractivity (Wildman–Crippen MR) is 103 cm³/mol. The van der Waals surface area contributed by atoms with Crippen LogP contribution in [0, 0.1) is 6.92 Å². The second-order valence-electron chi connectivity index (χ2n) is 6.45. The van der Waals surface area contributed by atoms with Crippen molar-refractivity contribution in [2.75, 3.05) is 0 Å². The lowest BCUT2D eigenvalue weighted by Crippen LogP contribution is -2.35. The van der Waals surface area contributed by atoms with Gasteiger partial charge in [-0.2, -0.15) is 0 Å². The molecule has 6 nitrogen and oxygen atoms in total. The van der Waals surface area contributed by atoms with E-state index in [-0.39, 0.29) is 18.4 Å². The molecule has 1 aromatic heterocycles. The molecule has 0 aliphatic rings. The van der Waals surface area contributed by atoms with Crippen LogP contribution in [0.15, 0.2) is 59.1 Å². The Morgan fingerprint density at radius 1 is 1.07 bits per heavy atom. The molecule has 1 heterocycles. The maximum atomic E-state index is 12.3. The minimum atomic E-state index is -0.450. The topological polar surface area (TPSA) is 98.2 Å². The first-order valence-electron chi connectivity index (χ1n) is 8.67. The van der Waals surface area contributed by atoms with Gasteiger partial charge in [0.25, 0.3) is 5.91 Å². The van der Waals surface area contributed by atoms with Crippen molar-refractivity contribution in [1.29, 1.82) is 0 Å². The first-order chi connectivity index (χ1) is 13.0. The highest BCUT2D eigenvalue weighted by atomic mass is 16.5. The molecule has 3 N–H and O–H groups in total. The van der Waals surface area contributed by atoms with Gasteiger partial charge in [0.2, 0.25) is 5.91 Å². The Kier molecular flexibility index (Phi) is 5.35. The van der Waals surface area contributed by atoms with Crippen molar-refractivity contribution in [3.8, 4) is 22.4 Å². The predicted octanol–water partition coefficient (Wildman–Crippen LogP) is 3.31. The Hall–Kier alpha value is -3.41. The van der Waals surface area contributed by atoms with E-state index in [1.54, 1.807) is 19.1 Å². The van der Waals surface area contributed by atoms with Crippen molar-refractivity contribution >= 4 is 11.8 Å². The molecule has 2 amide bonds. The Morgan fingerprint density at radius 3 is 2.37 bits per heavy atom. The fourth-order valence-corrected chi connectivity index (χ4v) is 2.95. The van der Waals surface area contributed by atoms with E-state index in [1.807, 2.05) is 49.4 Å². The summed E-state index contributed by atoms with van der Waals surface area (Å²) in [6.45, 7) is 3.60. The molecule has 0 radical (unpaired) electrons. The molecule has 1 atom stereocenters. The number of aromatic nitrogens is 1. The number of primary amides is 1. The summed E-state index contributed by atoms with van der Waals surface area (Å²) in [7, 11) is 0. The third kappa shape index (κ3) is 4.23. The first kappa shape index (κ1) is 18.4. The molecule has 3 aromatic rings. The van der Waals surface area contributed by atoms with E-state index < -0.39 is 5.91 Å². The SMILES string of the molecule is Cc1onc(-c2ccccc2)c1-c1ccc(C(=O)N[C@H](C)CC(N)=O)cc1. The van der Waals surface area contributed by atoms with Gasteiger partial charge in [0.1, 0.15) is 11.5 Å². The number of hydrogen-bond acceptors (Lipinski definition) is 4. The summed E-state index contributed by atoms with van der Waals surface area (Å²) in [5.41, 5.74) is 9.20. The zero-order valence-corrected chi connectivity index (χ0v) is 15.2. The van der Waals surface area contributed by atoms with Crippen LogP contribution in [0.2, 0.25) is 0 Å². The largest absolute Gasteiger partial charge is 0.370 e. The quantitative estimate of drug-likeness (QED) is 0.702. The number of nitrogens with one attached hydrogen (secondary N) is 1. The molecular formula is C21H21N3O3. The molecule has 2 aromatic carbocycles. The number of nitrogens with zero attached hydrogens (tertiary/aromatic N) is 1. The van der Waals surface area contributed by atoms with Crippen molar-refractivity contribution in [3.63, 3.8) is 0 Å². The minimum absolute atomic E-state index is 0.101. The lowest BCUT2D eigenvalue weighted by molar-refractivity contribution is -0.118. The Morgan fingerprint density at radius 2 is 1.74 bits per heavy atom. The van der Waals surface area contributed by atoms with Crippen LogP contribution >= 0.6 is 0 Å². The monoisotopic (exact) mass is 363 g/mol. The number of amides is 2. The van der Waals surface area contributed by atoms with E-state index in [0.717, 1.165) is 22.4 Å². The van der Waals surface area contributed by atoms with Gasteiger partial charge in [0.15, 0.2) is 0 Å². The van der Waals surface area contributed by atoms with E-state index in [1.165, 1.54) is 0 Å². The van der Waals surface area contributed by atoms with Gasteiger partial charge in [-0.1, -0.05) is 47.6 Å². The summed E-state index contributed by atoms with van der Waals surface area (Å²) in [5, 5.41) is 6.95. The summed E-state index contributed by atoms with van der Waals surface area (Å²) < 4.78 is 5.40. The van der Waals surface area contributed by atoms with Crippen LogP contribution in [0.25, 0.3) is 22.4 Å². The van der Waals surface area contributed by atoms with E-state index in [0.29, 0.717) is 11.3 Å². The zero-order chi connectivity index (χ0) is 19.4. The highest BCUT2D eigenvalue weighted by Crippen LogP contribution is 2.34. The van der Waals surface area contributed by atoms with Crippen LogP contribution in [0.4, 0.5) is 0 Å². The van der Waals surface area contributed by atoms with Crippen molar-refractivity contribution in [2.24, 2.45) is 5.73 Å². The second kappa shape index (κ2) is 7.86. The first-order valence-corrected chi connectivity index (χ1v) is 8.67. The van der Waals surface area contributed by atoms with Gasteiger partial charge in [-0.3, -0.25) is 9.59 Å². The van der Waals surface area contributed by atoms with E-state index in [2.05, 4.69) is 10.5 Å². The van der Waals surface area contributed by atoms with E-state index >= 15 is 0 Å². The number of carbonyl (C=O) groups excluding carboxylic acids is 2. The van der Waals surface area contributed by atoms with Gasteiger partial charge in [-0.15, -0.1) is 0 Å². The zero-order valence-electron chi connectivity index (χ0n) is 15.2. The van der Waals surface area contributed by atoms with E-state index in [4.69, 9.17) is 10.3 Å². The molecule has 0 aliphatic carbocycles. The Labute approximate surface area is 157 Å². The molecule has 27 heavy (non-hydrogen) atoms. The lowest BCUT2D eigenvalue weighted by Gasteiger charge is -2.12. The Balaban J connectivity index is 1.84. The third-order valence-corrected chi connectivity index (χ3v) is 4.23. The van der Waals surface area contributed by atoms with Crippen LogP contribution in [-0.4, -0.2) is 23.0 Å². The molecule has 0 spiro atoms. The van der Waals surface area contributed by atoms with Gasteiger partial charge in [-0.05, 0) is 31.5 Å². The third-order valence-electron chi connectivity index (χ3n) is 4.23. The Bertz CT molecular complexity index is 947. The van der Waals surface area contributed by atoms with Gasteiger partial charge >= 0.3 is 0 Å². The molecule has 0 bridgehead atoms. The molecule has 0 saturated heterocycles. The number of aryl methyl sites for hydroxylation is 1. The summed E-state index contributed by atoms with van der Waals surface area (Å²) in [5.74, 6) is 0.0104. The fourth-order valence-electron chi connectivity index (χ4n) is 2.95. The number of rotatable bonds is 6. The standard InChI is InChI=1S/C21H21N3O3/c1-13(12-18(22)25)23-21(26)17-10-8-15(9-11-17)19-14(2)27-24-20(19)16-6-4-3-5-7-16/h3-11,13H,12H2,1-2H3,(H2,22,25)(H,23,26)/t13-/m1/s1. The summed E-state index contributed by atoms with van der Waals surface area (Å²) in [6, 6.07) is 16.7. The van der Waals surface area contributed by atoms with Gasteiger partial charge in [0.05, 0.1) is 5.56 Å². The van der Waals surface area contributed by atoms with Gasteiger partial charge < -0.3 is 15.6 Å². The van der Waals surface area contributed by atoms with Crippen LogP contribution in [0.3, 0.4) is 0 Å². The second-order valence-corrected chi connectivity index (χ2v) is 6.45. The van der Waals surface area contributed by atoms with Crippen molar-refractivity contribution in [2.45, 2.75) is 26.3 Å². The minimum Gasteiger partial charge on any atom is -0.370 e. The normalized spacial score (nSPS) is 11.8. The number of nitrogens with two attached hydrogens (primary N) is 1. The molecular weight excluding hydrogens is 342 g/mol. The average molecular weight is 363 g/mol. The van der Waals surface area contributed by atoms with Gasteiger partial charge in [0, 0.05) is 23.6 Å². The van der Waals surface area contributed by atoms with Gasteiger partial charge in [-0.25, -0.2) is 0 Å². The average Bonchev–Trinajstić information content (AvgIpc) is 3.03. The van der Waals surface area contributed by atoms with Crippen molar-refractivity contribution < 1.29 is 14.1 Å². The maximum absolute atomic E-state index is 12.3. The summed E-state index contributed by atoms with van der Waals surface area (Å²) in [6.07, 6.45) is 0.101. The van der Waals surface area contributed by atoms with Crippen LogP contribution in [0.1, 0.15) is 29.5 Å². The molecule has 0 aliphatic heterocycles. The van der Waals surface area contributed by atoms with Crippen LogP contribution in [0.5, 0.6) is 0 Å². The highest BCUT2D eigenvalue weighted by Gasteiger charge is 2.17. The van der Waals surface area contributed by atoms with Crippen molar-refractivity contribution in [1.82, 2.24) is 10.5 Å². The summed E-state index contributed by atoms with van der Waals surface area (Å²) in [4.78, 5) is 23.2. The van der Waals surface area contributed by atoms with E-state index in [9.17, 15) is 9.59 Å². The number of benzene rings is 2. The van der Waals surface area contributed by atoms with Crippen LogP contribution < -0.4 is 11.1 Å². The lowest BCUT2D eigenvalue weighted by atomic mass is 9.98. The molecule has 0 fully saturated rings. The molecule has 138 valence electrons. The number of carbonyl (C=O) groups is 2. The molecule has 6 heteroatoms. The highest BCUT2D eigenvalue weighted by molar-refractivity contribution is 5.95. The maximum Gasteiger partial charge on any atom is 0.251 e. The fraction of sp³-hybridized carbons (Fsp3) is 0.190. The van der Waals surface area contributed by atoms with Crippen molar-refractivity contribution in [3.05, 3.63) is 65.9 Å². The molecule has 0 saturated carbocycles. The summed E-state index contributed by atoms with van der Waals surface area (Å²) >= 11 is 0. The molecule has 3 rings (SSSR count). The smallest absolute Gasteiger partial charge is 0.251 e. The van der Waals surface area contributed by atoms with Crippen LogP contribution in [-0.2, 0) is 4.79 Å². The number of hydrogen-bond donors (Lipinski definition) is 2.